The average Bonchev–Trinajstić information content (AvgIpc) is 2.84. The van der Waals surface area contributed by atoms with E-state index in [-0.39, 0.29) is 29.8 Å². The first-order valence-electron chi connectivity index (χ1n) is 10.6. The van der Waals surface area contributed by atoms with Gasteiger partial charge in [-0.3, -0.25) is 9.52 Å². The van der Waals surface area contributed by atoms with E-state index in [1.54, 1.807) is 13.0 Å². The van der Waals surface area contributed by atoms with Gasteiger partial charge in [0.05, 0.1) is 27.7 Å². The van der Waals surface area contributed by atoms with E-state index in [4.69, 9.17) is 21.1 Å². The van der Waals surface area contributed by atoms with Crippen molar-refractivity contribution in [2.75, 3.05) is 22.8 Å². The molecule has 1 amide bonds. The van der Waals surface area contributed by atoms with Crippen LogP contribution in [0.25, 0.3) is 0 Å². The molecular weight excluding hydrogens is 535 g/mol. The van der Waals surface area contributed by atoms with Gasteiger partial charge in [0.15, 0.2) is 0 Å². The van der Waals surface area contributed by atoms with Crippen LogP contribution in [0.3, 0.4) is 0 Å². The van der Waals surface area contributed by atoms with E-state index >= 15 is 0 Å². The fraction of sp³-hybridized carbons (Fsp3) is 0.167. The number of rotatable bonds is 6. The van der Waals surface area contributed by atoms with Gasteiger partial charge in [-0.1, -0.05) is 18.2 Å². The molecule has 1 aliphatic heterocycles. The van der Waals surface area contributed by atoms with Crippen LogP contribution in [0, 0.1) is 6.92 Å². The number of nitrogens with one attached hydrogen (secondary N) is 1. The second kappa shape index (κ2) is 9.94. The lowest BCUT2D eigenvalue weighted by Crippen LogP contribution is -2.36. The highest BCUT2D eigenvalue weighted by Crippen LogP contribution is 2.39. The summed E-state index contributed by atoms with van der Waals surface area (Å²) in [6.45, 7) is 5.72. The summed E-state index contributed by atoms with van der Waals surface area (Å²) in [4.78, 5) is 17.1. The largest absolute Gasteiger partial charge is 0.489 e. The van der Waals surface area contributed by atoms with Gasteiger partial charge in [0.1, 0.15) is 23.8 Å². The van der Waals surface area contributed by atoms with Crippen LogP contribution in [-0.2, 0) is 21.0 Å². The molecule has 0 saturated heterocycles. The van der Waals surface area contributed by atoms with Gasteiger partial charge < -0.3 is 14.4 Å². The number of halogens is 4. The topological polar surface area (TPSA) is 97.8 Å². The molecule has 0 atom stereocenters. The molecule has 1 aromatic heterocycles. The molecule has 0 spiro atoms. The highest BCUT2D eigenvalue weighted by atomic mass is 35.5. The molecule has 37 heavy (non-hydrogen) atoms. The van der Waals surface area contributed by atoms with Crippen molar-refractivity contribution in [3.8, 4) is 17.4 Å². The molecule has 0 bridgehead atoms. The van der Waals surface area contributed by atoms with Crippen molar-refractivity contribution in [1.82, 2.24) is 4.98 Å². The van der Waals surface area contributed by atoms with E-state index in [9.17, 15) is 26.4 Å². The summed E-state index contributed by atoms with van der Waals surface area (Å²) >= 11 is 5.61. The zero-order valence-electron chi connectivity index (χ0n) is 19.2. The number of alkyl halides is 3. The zero-order valence-corrected chi connectivity index (χ0v) is 20.7. The number of fused-ring (bicyclic) bond motifs is 1. The Morgan fingerprint density at radius 2 is 2.00 bits per heavy atom. The fourth-order valence-electron chi connectivity index (χ4n) is 3.52. The molecule has 1 aliphatic rings. The number of amides is 1. The second-order valence-corrected chi connectivity index (χ2v) is 9.97. The van der Waals surface area contributed by atoms with Gasteiger partial charge in [-0.25, -0.2) is 13.4 Å². The Morgan fingerprint density at radius 1 is 1.24 bits per heavy atom. The molecule has 2 heterocycles. The SMILES string of the molecule is C=CC(=O)N1CCOc2cc(Oc3ncc(C)cc3NS(=O)(=O)c3ccc(Cl)c(C(F)(F)F)c3)ccc21. The maximum absolute atomic E-state index is 13.2. The molecule has 2 aromatic carbocycles. The average molecular weight is 554 g/mol. The van der Waals surface area contributed by atoms with Crippen molar-refractivity contribution in [3.63, 3.8) is 0 Å². The Balaban J connectivity index is 1.65. The molecule has 0 radical (unpaired) electrons. The number of nitrogens with zero attached hydrogens (tertiary/aromatic N) is 2. The molecule has 0 saturated carbocycles. The Morgan fingerprint density at radius 3 is 2.70 bits per heavy atom. The van der Waals surface area contributed by atoms with Gasteiger partial charge in [-0.15, -0.1) is 0 Å². The minimum absolute atomic E-state index is 0.106. The molecule has 0 unspecified atom stereocenters. The summed E-state index contributed by atoms with van der Waals surface area (Å²) in [5.41, 5.74) is -0.325. The molecule has 3 aromatic rings. The highest BCUT2D eigenvalue weighted by Gasteiger charge is 2.34. The van der Waals surface area contributed by atoms with Crippen LogP contribution in [-0.4, -0.2) is 32.5 Å². The monoisotopic (exact) mass is 553 g/mol. The normalized spacial score (nSPS) is 13.4. The molecule has 8 nitrogen and oxygen atoms in total. The fourth-order valence-corrected chi connectivity index (χ4v) is 4.82. The van der Waals surface area contributed by atoms with Gasteiger partial charge in [0, 0.05) is 12.3 Å². The van der Waals surface area contributed by atoms with Crippen LogP contribution >= 0.6 is 11.6 Å². The molecule has 0 aliphatic carbocycles. The Labute approximate surface area is 215 Å². The second-order valence-electron chi connectivity index (χ2n) is 7.88. The summed E-state index contributed by atoms with van der Waals surface area (Å²) < 4.78 is 79.3. The summed E-state index contributed by atoms with van der Waals surface area (Å²) in [7, 11) is -4.49. The summed E-state index contributed by atoms with van der Waals surface area (Å²) in [5, 5.41) is -0.629. The maximum atomic E-state index is 13.2. The van der Waals surface area contributed by atoms with Crippen LogP contribution in [0.15, 0.2) is 66.2 Å². The summed E-state index contributed by atoms with van der Waals surface area (Å²) in [6.07, 6.45) is -2.23. The Bertz CT molecular complexity index is 1500. The number of aromatic nitrogens is 1. The molecular formula is C24H19ClF3N3O5S. The third kappa shape index (κ3) is 5.65. The highest BCUT2D eigenvalue weighted by molar-refractivity contribution is 7.92. The van der Waals surface area contributed by atoms with Crippen molar-refractivity contribution in [2.24, 2.45) is 0 Å². The number of carbonyl (C=O) groups excluding carboxylic acids is 1. The quantitative estimate of drug-likeness (QED) is 0.401. The van der Waals surface area contributed by atoms with Crippen LogP contribution in [0.1, 0.15) is 11.1 Å². The van der Waals surface area contributed by atoms with Crippen LogP contribution in [0.4, 0.5) is 24.5 Å². The van der Waals surface area contributed by atoms with Gasteiger partial charge >= 0.3 is 6.18 Å². The standard InChI is InChI=1S/C24H19ClF3N3O5S/c1-3-22(32)31-8-9-35-21-11-15(4-7-20(21)31)36-23-19(10-14(2)13-29-23)30-37(33,34)16-5-6-18(25)17(12-16)24(26,27)28/h3-7,10-13,30H,1,8-9H2,2H3. The number of hydrogen-bond donors (Lipinski definition) is 1. The molecule has 13 heteroatoms. The number of carbonyl (C=O) groups is 1. The third-order valence-electron chi connectivity index (χ3n) is 5.24. The van der Waals surface area contributed by atoms with Gasteiger partial charge in [0.2, 0.25) is 5.88 Å². The maximum Gasteiger partial charge on any atom is 0.417 e. The van der Waals surface area contributed by atoms with Crippen molar-refractivity contribution in [3.05, 3.63) is 77.5 Å². The van der Waals surface area contributed by atoms with Crippen molar-refractivity contribution in [2.45, 2.75) is 18.0 Å². The summed E-state index contributed by atoms with van der Waals surface area (Å²) in [6, 6.07) is 8.32. The number of hydrogen-bond acceptors (Lipinski definition) is 6. The minimum atomic E-state index is -4.85. The summed E-state index contributed by atoms with van der Waals surface area (Å²) in [5.74, 6) is 0.114. The smallest absolute Gasteiger partial charge is 0.417 e. The Kier molecular flexibility index (Phi) is 7.07. The number of aryl methyl sites for hydroxylation is 1. The van der Waals surface area contributed by atoms with E-state index in [0.29, 0.717) is 29.6 Å². The molecule has 1 N–H and O–H groups in total. The first kappa shape index (κ1) is 26.3. The van der Waals surface area contributed by atoms with E-state index < -0.39 is 31.7 Å². The Hall–Kier alpha value is -3.77. The number of benzene rings is 2. The van der Waals surface area contributed by atoms with Crippen LogP contribution < -0.4 is 19.1 Å². The predicted octanol–water partition coefficient (Wildman–Crippen LogP) is 5.57. The lowest BCUT2D eigenvalue weighted by molar-refractivity contribution is -0.137. The van der Waals surface area contributed by atoms with E-state index in [1.807, 2.05) is 0 Å². The minimum Gasteiger partial charge on any atom is -0.489 e. The van der Waals surface area contributed by atoms with Crippen molar-refractivity contribution >= 4 is 38.9 Å². The number of ether oxygens (including phenoxy) is 2. The lowest BCUT2D eigenvalue weighted by atomic mass is 10.2. The first-order chi connectivity index (χ1) is 17.4. The number of anilines is 2. The predicted molar refractivity (Wildman–Crippen MR) is 131 cm³/mol. The van der Waals surface area contributed by atoms with Gasteiger partial charge in [0.25, 0.3) is 15.9 Å². The van der Waals surface area contributed by atoms with E-state index in [2.05, 4.69) is 16.3 Å². The molecule has 0 fully saturated rings. The molecule has 4 rings (SSSR count). The van der Waals surface area contributed by atoms with E-state index in [0.717, 1.165) is 12.1 Å². The van der Waals surface area contributed by atoms with Crippen LogP contribution in [0.2, 0.25) is 5.02 Å². The lowest BCUT2D eigenvalue weighted by Gasteiger charge is -2.28. The first-order valence-corrected chi connectivity index (χ1v) is 12.5. The van der Waals surface area contributed by atoms with Crippen molar-refractivity contribution in [1.29, 1.82) is 0 Å². The number of pyridine rings is 1. The van der Waals surface area contributed by atoms with Crippen LogP contribution in [0.5, 0.6) is 17.4 Å². The zero-order chi connectivity index (χ0) is 27.0. The van der Waals surface area contributed by atoms with Gasteiger partial charge in [-0.05, 0) is 55.0 Å². The third-order valence-corrected chi connectivity index (χ3v) is 6.93. The van der Waals surface area contributed by atoms with E-state index in [1.165, 1.54) is 35.4 Å². The van der Waals surface area contributed by atoms with Crippen molar-refractivity contribution < 1.29 is 35.9 Å². The van der Waals surface area contributed by atoms with Gasteiger partial charge in [-0.2, -0.15) is 13.2 Å². The number of sulfonamides is 1. The molecule has 194 valence electrons.